The van der Waals surface area contributed by atoms with Crippen molar-refractivity contribution < 1.29 is 18.4 Å². The van der Waals surface area contributed by atoms with Crippen LogP contribution in [0.1, 0.15) is 42.9 Å². The van der Waals surface area contributed by atoms with Crippen molar-refractivity contribution >= 4 is 28.4 Å². The highest BCUT2D eigenvalue weighted by Gasteiger charge is 2.27. The Hall–Kier alpha value is -3.53. The average molecular weight is 527 g/mol. The lowest BCUT2D eigenvalue weighted by Crippen LogP contribution is -2.48. The molecular weight excluding hydrogens is 490 g/mol. The molecule has 2 amide bonds. The Labute approximate surface area is 222 Å². The van der Waals surface area contributed by atoms with Crippen LogP contribution in [-0.4, -0.2) is 64.7 Å². The van der Waals surface area contributed by atoms with Crippen molar-refractivity contribution in [1.29, 1.82) is 0 Å². The van der Waals surface area contributed by atoms with Gasteiger partial charge in [0.15, 0.2) is 0 Å². The molecular formula is C28H36F2N6O2. The lowest BCUT2D eigenvalue weighted by atomic mass is 10.1. The number of fused-ring (bicyclic) bond motifs is 2. The van der Waals surface area contributed by atoms with Gasteiger partial charge in [-0.15, -0.1) is 0 Å². The number of nitrogens with one attached hydrogen (secondary N) is 1. The van der Waals surface area contributed by atoms with Crippen molar-refractivity contribution in [2.45, 2.75) is 59.2 Å². The minimum absolute atomic E-state index is 0.00342. The van der Waals surface area contributed by atoms with Gasteiger partial charge in [0.1, 0.15) is 6.54 Å². The van der Waals surface area contributed by atoms with E-state index in [0.717, 1.165) is 24.8 Å². The molecule has 10 heteroatoms. The first kappa shape index (κ1) is 27.5. The molecule has 0 saturated heterocycles. The van der Waals surface area contributed by atoms with Crippen LogP contribution in [0.5, 0.6) is 0 Å². The second kappa shape index (κ2) is 12.3. The van der Waals surface area contributed by atoms with Crippen molar-refractivity contribution in [3.05, 3.63) is 59.3 Å². The first-order chi connectivity index (χ1) is 18.3. The minimum Gasteiger partial charge on any atom is -0.355 e. The van der Waals surface area contributed by atoms with Gasteiger partial charge in [0.05, 0.1) is 24.8 Å². The highest BCUT2D eigenvalue weighted by atomic mass is 19.3. The number of aromatic nitrogens is 2. The number of nitrogens with zero attached hydrogens (tertiary/aromatic N) is 5. The third-order valence-corrected chi connectivity index (χ3v) is 6.98. The monoisotopic (exact) mass is 526 g/mol. The van der Waals surface area contributed by atoms with E-state index in [9.17, 15) is 18.4 Å². The van der Waals surface area contributed by atoms with E-state index in [0.29, 0.717) is 36.2 Å². The number of likely N-dealkylation sites (N-methyl/N-ethyl adjacent to an activating group) is 1. The van der Waals surface area contributed by atoms with Gasteiger partial charge >= 0.3 is 0 Å². The number of halogens is 2. The number of carbonyl (C=O) groups excluding carboxylic acids is 2. The third kappa shape index (κ3) is 6.48. The summed E-state index contributed by atoms with van der Waals surface area (Å²) < 4.78 is 27.3. The maximum atomic E-state index is 13.5. The van der Waals surface area contributed by atoms with Gasteiger partial charge in [0, 0.05) is 37.8 Å². The second-order valence-electron chi connectivity index (χ2n) is 9.84. The summed E-state index contributed by atoms with van der Waals surface area (Å²) in [5.41, 5.74) is 4.45. The number of unbranched alkanes of at least 4 members (excludes halogenated alkanes) is 2. The Morgan fingerprint density at radius 2 is 1.82 bits per heavy atom. The molecule has 2 heterocycles. The molecule has 1 N–H and O–H groups in total. The quantitative estimate of drug-likeness (QED) is 0.360. The first-order valence-electron chi connectivity index (χ1n) is 13.1. The number of aryl methyl sites for hydroxylation is 1. The van der Waals surface area contributed by atoms with E-state index in [4.69, 9.17) is 0 Å². The summed E-state index contributed by atoms with van der Waals surface area (Å²) in [5.74, 6) is -0.317. The predicted octanol–water partition coefficient (Wildman–Crippen LogP) is 4.11. The van der Waals surface area contributed by atoms with Crippen molar-refractivity contribution in [1.82, 2.24) is 25.1 Å². The van der Waals surface area contributed by atoms with E-state index >= 15 is 0 Å². The predicted molar refractivity (Wildman–Crippen MR) is 144 cm³/mol. The van der Waals surface area contributed by atoms with Crippen LogP contribution in [0, 0.1) is 6.92 Å². The Morgan fingerprint density at radius 3 is 2.47 bits per heavy atom. The average Bonchev–Trinajstić information content (AvgIpc) is 3.49. The van der Waals surface area contributed by atoms with Crippen LogP contribution in [0.15, 0.2) is 42.6 Å². The Morgan fingerprint density at radius 1 is 1.11 bits per heavy atom. The fourth-order valence-electron chi connectivity index (χ4n) is 4.84. The van der Waals surface area contributed by atoms with E-state index in [2.05, 4.69) is 29.5 Å². The summed E-state index contributed by atoms with van der Waals surface area (Å²) in [7, 11) is 1.75. The molecule has 1 aromatic heterocycles. The van der Waals surface area contributed by atoms with Crippen LogP contribution in [0.25, 0.3) is 10.9 Å². The van der Waals surface area contributed by atoms with Crippen molar-refractivity contribution in [3.8, 4) is 0 Å². The SMILES string of the molecule is CCCCCNC(=O)CN(CC(=O)N(C)N1Cc2ccccc2C1)c1cc2cnn(CC(F)F)c2cc1C. The van der Waals surface area contributed by atoms with Crippen molar-refractivity contribution in [2.24, 2.45) is 0 Å². The highest BCUT2D eigenvalue weighted by molar-refractivity contribution is 5.90. The Bertz CT molecular complexity index is 1250. The molecule has 204 valence electrons. The van der Waals surface area contributed by atoms with Gasteiger partial charge in [-0.25, -0.2) is 13.8 Å². The summed E-state index contributed by atoms with van der Waals surface area (Å²) in [4.78, 5) is 28.1. The number of hydrazine groups is 1. The molecule has 0 bridgehead atoms. The highest BCUT2D eigenvalue weighted by Crippen LogP contribution is 2.28. The second-order valence-corrected chi connectivity index (χ2v) is 9.84. The molecule has 0 radical (unpaired) electrons. The third-order valence-electron chi connectivity index (χ3n) is 6.98. The van der Waals surface area contributed by atoms with Gasteiger partial charge in [0.2, 0.25) is 5.91 Å². The standard InChI is InChI=1S/C28H36F2N6O2/c1-4-5-8-11-31-27(37)18-34(19-28(38)33(3)35-15-21-9-6-7-10-22(21)16-35)24-13-23-14-32-36(17-26(29)30)25(23)12-20(24)2/h6-7,9-10,12-14,26H,4-5,8,11,15-19H2,1-3H3,(H,31,37). The molecule has 38 heavy (non-hydrogen) atoms. The number of benzene rings is 2. The molecule has 8 nitrogen and oxygen atoms in total. The van der Waals surface area contributed by atoms with Crippen LogP contribution < -0.4 is 10.2 Å². The van der Waals surface area contributed by atoms with Crippen LogP contribution >= 0.6 is 0 Å². The van der Waals surface area contributed by atoms with Crippen LogP contribution in [0.3, 0.4) is 0 Å². The fourth-order valence-corrected chi connectivity index (χ4v) is 4.84. The molecule has 0 aliphatic carbocycles. The number of rotatable bonds is 12. The van der Waals surface area contributed by atoms with Gasteiger partial charge in [-0.1, -0.05) is 44.0 Å². The number of amides is 2. The molecule has 0 fully saturated rings. The van der Waals surface area contributed by atoms with Crippen LogP contribution in [-0.2, 0) is 29.2 Å². The van der Waals surface area contributed by atoms with Gasteiger partial charge in [-0.2, -0.15) is 5.10 Å². The molecule has 2 aromatic carbocycles. The number of hydrogen-bond donors (Lipinski definition) is 1. The van der Waals surface area contributed by atoms with E-state index in [1.165, 1.54) is 15.8 Å². The smallest absolute Gasteiger partial charge is 0.257 e. The van der Waals surface area contributed by atoms with Crippen LogP contribution in [0.2, 0.25) is 0 Å². The first-order valence-corrected chi connectivity index (χ1v) is 13.1. The molecule has 1 aliphatic rings. The maximum Gasteiger partial charge on any atom is 0.257 e. The number of hydrogen-bond acceptors (Lipinski definition) is 5. The number of alkyl halides is 2. The van der Waals surface area contributed by atoms with Gasteiger partial charge in [0.25, 0.3) is 12.3 Å². The van der Waals surface area contributed by atoms with E-state index in [1.54, 1.807) is 29.2 Å². The molecule has 1 aliphatic heterocycles. The molecule has 3 aromatic rings. The maximum absolute atomic E-state index is 13.5. The Kier molecular flexibility index (Phi) is 8.93. The Balaban J connectivity index is 1.54. The van der Waals surface area contributed by atoms with E-state index < -0.39 is 13.0 Å². The van der Waals surface area contributed by atoms with Gasteiger partial charge < -0.3 is 10.2 Å². The number of anilines is 1. The lowest BCUT2D eigenvalue weighted by molar-refractivity contribution is -0.145. The summed E-state index contributed by atoms with van der Waals surface area (Å²) in [5, 5.41) is 11.4. The number of carbonyl (C=O) groups is 2. The summed E-state index contributed by atoms with van der Waals surface area (Å²) >= 11 is 0. The van der Waals surface area contributed by atoms with Crippen molar-refractivity contribution in [3.63, 3.8) is 0 Å². The summed E-state index contributed by atoms with van der Waals surface area (Å²) in [6.45, 7) is 5.33. The van der Waals surface area contributed by atoms with Gasteiger partial charge in [-0.05, 0) is 42.2 Å². The van der Waals surface area contributed by atoms with Crippen molar-refractivity contribution in [2.75, 3.05) is 31.6 Å². The summed E-state index contributed by atoms with van der Waals surface area (Å²) in [6, 6.07) is 11.7. The normalized spacial score (nSPS) is 13.2. The topological polar surface area (TPSA) is 73.7 Å². The van der Waals surface area contributed by atoms with Crippen LogP contribution in [0.4, 0.5) is 14.5 Å². The minimum atomic E-state index is -2.52. The zero-order valence-corrected chi connectivity index (χ0v) is 22.3. The molecule has 4 rings (SSSR count). The lowest BCUT2D eigenvalue weighted by Gasteiger charge is -2.32. The fraction of sp³-hybridized carbons (Fsp3) is 0.464. The summed E-state index contributed by atoms with van der Waals surface area (Å²) in [6.07, 6.45) is 2.01. The largest absolute Gasteiger partial charge is 0.355 e. The molecule has 0 spiro atoms. The van der Waals surface area contributed by atoms with E-state index in [-0.39, 0.29) is 24.9 Å². The van der Waals surface area contributed by atoms with Gasteiger partial charge in [-0.3, -0.25) is 19.3 Å². The zero-order valence-electron chi connectivity index (χ0n) is 22.3. The molecule has 0 saturated carbocycles. The van der Waals surface area contributed by atoms with E-state index in [1.807, 2.05) is 30.1 Å². The molecule has 0 unspecified atom stereocenters. The molecule has 0 atom stereocenters. The zero-order chi connectivity index (χ0) is 27.2.